The predicted octanol–water partition coefficient (Wildman–Crippen LogP) is 2.64. The first-order valence-electron chi connectivity index (χ1n) is 6.34. The molecule has 0 saturated carbocycles. The lowest BCUT2D eigenvalue weighted by Crippen LogP contribution is -2.35. The van der Waals surface area contributed by atoms with Gasteiger partial charge >= 0.3 is 0 Å². The Labute approximate surface area is 97.7 Å². The van der Waals surface area contributed by atoms with E-state index < -0.39 is 0 Å². The Morgan fingerprint density at radius 2 is 2.31 bits per heavy atom. The summed E-state index contributed by atoms with van der Waals surface area (Å²) in [4.78, 5) is 0. The van der Waals surface area contributed by atoms with Gasteiger partial charge in [0.2, 0.25) is 0 Å². The Morgan fingerprint density at radius 1 is 1.44 bits per heavy atom. The quantitative estimate of drug-likeness (QED) is 0.763. The maximum atomic E-state index is 9.82. The van der Waals surface area contributed by atoms with E-state index in [4.69, 9.17) is 0 Å². The molecule has 0 bridgehead atoms. The highest BCUT2D eigenvalue weighted by atomic mass is 16.3. The van der Waals surface area contributed by atoms with Crippen LogP contribution in [-0.2, 0) is 12.8 Å². The van der Waals surface area contributed by atoms with Gasteiger partial charge in [-0.1, -0.05) is 25.5 Å². The molecular formula is C14H21NO. The molecule has 0 saturated heterocycles. The van der Waals surface area contributed by atoms with Crippen LogP contribution in [0.2, 0.25) is 0 Å². The third kappa shape index (κ3) is 2.56. The summed E-state index contributed by atoms with van der Waals surface area (Å²) in [5.74, 6) is 0.472. The van der Waals surface area contributed by atoms with Crippen LogP contribution in [0, 0.1) is 0 Å². The molecule has 1 aromatic rings. The molecule has 1 aliphatic carbocycles. The Balaban J connectivity index is 1.97. The second kappa shape index (κ2) is 5.35. The number of aromatic hydroxyl groups is 1. The molecule has 1 unspecified atom stereocenters. The Bertz CT molecular complexity index is 349. The van der Waals surface area contributed by atoms with Crippen LogP contribution in [0.25, 0.3) is 0 Å². The van der Waals surface area contributed by atoms with E-state index in [9.17, 15) is 5.11 Å². The number of aryl methyl sites for hydroxylation is 1. The normalized spacial score (nSPS) is 19.4. The Morgan fingerprint density at radius 3 is 3.12 bits per heavy atom. The van der Waals surface area contributed by atoms with Gasteiger partial charge in [-0.2, -0.15) is 0 Å². The maximum Gasteiger partial charge on any atom is 0.119 e. The van der Waals surface area contributed by atoms with Crippen LogP contribution in [-0.4, -0.2) is 17.7 Å². The van der Waals surface area contributed by atoms with Gasteiger partial charge < -0.3 is 10.4 Å². The summed E-state index contributed by atoms with van der Waals surface area (Å²) in [6.07, 6.45) is 5.74. The molecule has 16 heavy (non-hydrogen) atoms. The SMILES string of the molecule is CCCCNC1CCc2cccc(O)c2C1. The van der Waals surface area contributed by atoms with E-state index in [2.05, 4.69) is 18.3 Å². The molecule has 2 N–H and O–H groups in total. The Kier molecular flexibility index (Phi) is 3.83. The molecular weight excluding hydrogens is 198 g/mol. The lowest BCUT2D eigenvalue weighted by Gasteiger charge is -2.26. The fourth-order valence-corrected chi connectivity index (χ4v) is 2.43. The number of rotatable bonds is 4. The molecule has 1 aliphatic rings. The van der Waals surface area contributed by atoms with E-state index in [1.165, 1.54) is 24.8 Å². The first-order chi connectivity index (χ1) is 7.81. The predicted molar refractivity (Wildman–Crippen MR) is 66.8 cm³/mol. The minimum Gasteiger partial charge on any atom is -0.508 e. The number of hydrogen-bond acceptors (Lipinski definition) is 2. The van der Waals surface area contributed by atoms with Crippen molar-refractivity contribution in [2.45, 2.75) is 45.1 Å². The summed E-state index contributed by atoms with van der Waals surface area (Å²) in [7, 11) is 0. The monoisotopic (exact) mass is 219 g/mol. The average molecular weight is 219 g/mol. The number of phenolic OH excluding ortho intramolecular Hbond substituents is 1. The van der Waals surface area contributed by atoms with Crippen LogP contribution in [0.3, 0.4) is 0 Å². The molecule has 2 rings (SSSR count). The number of benzene rings is 1. The van der Waals surface area contributed by atoms with Gasteiger partial charge in [0.1, 0.15) is 5.75 Å². The fourth-order valence-electron chi connectivity index (χ4n) is 2.43. The summed E-state index contributed by atoms with van der Waals surface area (Å²) in [6.45, 7) is 3.31. The summed E-state index contributed by atoms with van der Waals surface area (Å²) in [5, 5.41) is 13.4. The average Bonchev–Trinajstić information content (AvgIpc) is 2.30. The maximum absolute atomic E-state index is 9.82. The first kappa shape index (κ1) is 11.5. The van der Waals surface area contributed by atoms with Gasteiger partial charge in [-0.15, -0.1) is 0 Å². The van der Waals surface area contributed by atoms with E-state index in [-0.39, 0.29) is 0 Å². The van der Waals surface area contributed by atoms with Crippen LogP contribution >= 0.6 is 0 Å². The molecule has 0 spiro atoms. The standard InChI is InChI=1S/C14H21NO/c1-2-3-9-15-12-8-7-11-5-4-6-14(16)13(11)10-12/h4-6,12,15-16H,2-3,7-10H2,1H3. The van der Waals surface area contributed by atoms with Crippen molar-refractivity contribution in [3.63, 3.8) is 0 Å². The number of phenols is 1. The molecule has 1 atom stereocenters. The van der Waals surface area contributed by atoms with Gasteiger partial charge in [0.15, 0.2) is 0 Å². The summed E-state index contributed by atoms with van der Waals surface area (Å²) >= 11 is 0. The summed E-state index contributed by atoms with van der Waals surface area (Å²) in [5.41, 5.74) is 2.48. The van der Waals surface area contributed by atoms with E-state index in [0.29, 0.717) is 11.8 Å². The topological polar surface area (TPSA) is 32.3 Å². The van der Waals surface area contributed by atoms with Crippen molar-refractivity contribution >= 4 is 0 Å². The third-order valence-electron chi connectivity index (χ3n) is 3.42. The zero-order valence-corrected chi connectivity index (χ0v) is 10.00. The van der Waals surface area contributed by atoms with Gasteiger partial charge in [-0.05, 0) is 49.4 Å². The van der Waals surface area contributed by atoms with Crippen LogP contribution in [0.5, 0.6) is 5.75 Å². The third-order valence-corrected chi connectivity index (χ3v) is 3.42. The van der Waals surface area contributed by atoms with Gasteiger partial charge in [-0.25, -0.2) is 0 Å². The molecule has 0 fully saturated rings. The van der Waals surface area contributed by atoms with Gasteiger partial charge in [0, 0.05) is 6.04 Å². The van der Waals surface area contributed by atoms with Crippen LogP contribution in [0.15, 0.2) is 18.2 Å². The van der Waals surface area contributed by atoms with E-state index in [0.717, 1.165) is 24.9 Å². The first-order valence-corrected chi connectivity index (χ1v) is 6.34. The van der Waals surface area contributed by atoms with Crippen molar-refractivity contribution < 1.29 is 5.11 Å². The number of hydrogen-bond donors (Lipinski definition) is 2. The van der Waals surface area contributed by atoms with Crippen LogP contribution < -0.4 is 5.32 Å². The molecule has 0 heterocycles. The van der Waals surface area contributed by atoms with Crippen molar-refractivity contribution in [3.05, 3.63) is 29.3 Å². The van der Waals surface area contributed by atoms with Crippen molar-refractivity contribution in [2.24, 2.45) is 0 Å². The van der Waals surface area contributed by atoms with Gasteiger partial charge in [0.25, 0.3) is 0 Å². The Hall–Kier alpha value is -1.02. The van der Waals surface area contributed by atoms with Crippen molar-refractivity contribution in [1.82, 2.24) is 5.32 Å². The molecule has 2 nitrogen and oxygen atoms in total. The molecule has 0 aromatic heterocycles. The second-order valence-electron chi connectivity index (χ2n) is 4.66. The van der Waals surface area contributed by atoms with Crippen molar-refractivity contribution in [1.29, 1.82) is 0 Å². The molecule has 1 aromatic carbocycles. The molecule has 88 valence electrons. The molecule has 0 aliphatic heterocycles. The zero-order valence-electron chi connectivity index (χ0n) is 10.00. The highest BCUT2D eigenvalue weighted by molar-refractivity contribution is 5.41. The summed E-state index contributed by atoms with van der Waals surface area (Å²) in [6, 6.07) is 6.43. The summed E-state index contributed by atoms with van der Waals surface area (Å²) < 4.78 is 0. The van der Waals surface area contributed by atoms with Gasteiger partial charge in [-0.3, -0.25) is 0 Å². The van der Waals surface area contributed by atoms with Crippen molar-refractivity contribution in [2.75, 3.05) is 6.54 Å². The van der Waals surface area contributed by atoms with Crippen molar-refractivity contribution in [3.8, 4) is 5.75 Å². The fraction of sp³-hybridized carbons (Fsp3) is 0.571. The number of nitrogens with one attached hydrogen (secondary N) is 1. The lowest BCUT2D eigenvalue weighted by atomic mass is 9.87. The molecule has 0 amide bonds. The van der Waals surface area contributed by atoms with E-state index in [1.54, 1.807) is 6.07 Å². The molecule has 0 radical (unpaired) electrons. The van der Waals surface area contributed by atoms with E-state index in [1.807, 2.05) is 6.07 Å². The largest absolute Gasteiger partial charge is 0.508 e. The smallest absolute Gasteiger partial charge is 0.119 e. The minimum atomic E-state index is 0.472. The number of fused-ring (bicyclic) bond motifs is 1. The molecule has 2 heteroatoms. The zero-order chi connectivity index (χ0) is 11.4. The second-order valence-corrected chi connectivity index (χ2v) is 4.66. The number of unbranched alkanes of at least 4 members (excludes halogenated alkanes) is 1. The van der Waals surface area contributed by atoms with Crippen LogP contribution in [0.1, 0.15) is 37.3 Å². The van der Waals surface area contributed by atoms with E-state index >= 15 is 0 Å². The highest BCUT2D eigenvalue weighted by Crippen LogP contribution is 2.28. The highest BCUT2D eigenvalue weighted by Gasteiger charge is 2.19. The minimum absolute atomic E-state index is 0.472. The van der Waals surface area contributed by atoms with Crippen LogP contribution in [0.4, 0.5) is 0 Å². The van der Waals surface area contributed by atoms with Gasteiger partial charge in [0.05, 0.1) is 0 Å². The lowest BCUT2D eigenvalue weighted by molar-refractivity contribution is 0.424.